The number of rotatable bonds is 6. The van der Waals surface area contributed by atoms with Gasteiger partial charge < -0.3 is 24.8 Å². The number of ether oxygens (including phenoxy) is 2. The molecule has 2 N–H and O–H groups in total. The van der Waals surface area contributed by atoms with E-state index in [1.54, 1.807) is 6.07 Å². The van der Waals surface area contributed by atoms with Gasteiger partial charge in [0.25, 0.3) is 5.19 Å². The Morgan fingerprint density at radius 2 is 2.16 bits per heavy atom. The van der Waals surface area contributed by atoms with E-state index in [1.165, 1.54) is 29.5 Å². The quantitative estimate of drug-likeness (QED) is 0.239. The van der Waals surface area contributed by atoms with Crippen LogP contribution in [0.15, 0.2) is 24.3 Å². The summed E-state index contributed by atoms with van der Waals surface area (Å²) in [5.41, 5.74) is 0.299. The van der Waals surface area contributed by atoms with Crippen molar-refractivity contribution in [3.8, 4) is 35.0 Å². The zero-order valence-corrected chi connectivity index (χ0v) is 24.9. The van der Waals surface area contributed by atoms with Crippen LogP contribution in [0.1, 0.15) is 31.2 Å². The first-order valence-electron chi connectivity index (χ1n) is 15.2. The molecular weight excluding hydrogens is 585 g/mol. The molecule has 2 aromatic carbocycles. The summed E-state index contributed by atoms with van der Waals surface area (Å²) >= 11 is 1.21. The lowest BCUT2D eigenvalue weighted by Crippen LogP contribution is -2.43. The third-order valence-corrected chi connectivity index (χ3v) is 10.5. The maximum Gasteiger partial charge on any atom is 0.319 e. The standard InChI is InChI=1S/C31H31BF2N6O3S/c1-2-22-23(34)5-4-18-10-21(41)11-24(25(18)22)43-30-36-26-27(39-14-20-6-8-32(17-39)16-35-20)37-29(38-28(26)44-30)42-15-31-7-3-9-40(31)13-19(33)12-31/h1,4-5,10-11,19-20,35,41H,3,6-9,12-17H2/t19?,20?,31-/m0/s1. The van der Waals surface area contributed by atoms with Crippen molar-refractivity contribution >= 4 is 45.0 Å². The predicted molar refractivity (Wildman–Crippen MR) is 167 cm³/mol. The lowest BCUT2D eigenvalue weighted by atomic mass is 9.45. The highest BCUT2D eigenvalue weighted by Crippen LogP contribution is 2.42. The number of terminal acetylenes is 1. The van der Waals surface area contributed by atoms with E-state index in [2.05, 4.69) is 21.0 Å². The highest BCUT2D eigenvalue weighted by molar-refractivity contribution is 7.19. The molecule has 2 aromatic heterocycles. The first-order valence-corrected chi connectivity index (χ1v) is 16.0. The Bertz CT molecular complexity index is 1800. The lowest BCUT2D eigenvalue weighted by Gasteiger charge is -2.31. The Morgan fingerprint density at radius 3 is 3.00 bits per heavy atom. The van der Waals surface area contributed by atoms with E-state index >= 15 is 0 Å². The number of halogens is 2. The first-order chi connectivity index (χ1) is 21.4. The van der Waals surface area contributed by atoms with Crippen LogP contribution in [0.2, 0.25) is 6.32 Å². The summed E-state index contributed by atoms with van der Waals surface area (Å²) < 4.78 is 41.6. The van der Waals surface area contributed by atoms with Crippen LogP contribution in [-0.2, 0) is 0 Å². The largest absolute Gasteiger partial charge is 0.508 e. The van der Waals surface area contributed by atoms with Crippen LogP contribution in [0.3, 0.4) is 0 Å². The number of phenols is 1. The Labute approximate surface area is 257 Å². The van der Waals surface area contributed by atoms with Gasteiger partial charge in [-0.3, -0.25) is 4.90 Å². The molecule has 4 aromatic rings. The second kappa shape index (κ2) is 10.7. The third-order valence-electron chi connectivity index (χ3n) is 9.63. The van der Waals surface area contributed by atoms with Gasteiger partial charge in [0.05, 0.1) is 11.1 Å². The van der Waals surface area contributed by atoms with Crippen molar-refractivity contribution < 1.29 is 23.4 Å². The number of nitrogens with one attached hydrogen (secondary N) is 1. The number of nitrogens with zero attached hydrogens (tertiary/aromatic N) is 5. The Balaban J connectivity index is 1.18. The van der Waals surface area contributed by atoms with Gasteiger partial charge in [0.15, 0.2) is 17.4 Å². The molecule has 0 saturated carbocycles. The first kappa shape index (κ1) is 27.8. The van der Waals surface area contributed by atoms with Gasteiger partial charge in [-0.1, -0.05) is 29.6 Å². The van der Waals surface area contributed by atoms with E-state index < -0.39 is 12.0 Å². The fourth-order valence-electron chi connectivity index (χ4n) is 7.56. The average Bonchev–Trinajstić information content (AvgIpc) is 3.57. The SMILES string of the molecule is C#Cc1c(F)ccc2cc(O)cc(Oc3nc4c(N5CB6CCC(C5)NC6)nc(OC[C@@]56CCCN5CC(F)C6)nc4s3)c12. The topological polar surface area (TPSA) is 95.9 Å². The Hall–Kier alpha value is -3.73. The second-order valence-corrected chi connectivity index (χ2v) is 13.4. The molecule has 7 heterocycles. The summed E-state index contributed by atoms with van der Waals surface area (Å²) in [6.45, 7) is 2.91. The number of hydrogen-bond acceptors (Lipinski definition) is 10. The summed E-state index contributed by atoms with van der Waals surface area (Å²) in [6.07, 6.45) is 11.2. The van der Waals surface area contributed by atoms with E-state index in [-0.39, 0.29) is 33.8 Å². The van der Waals surface area contributed by atoms with Crippen molar-refractivity contribution in [2.45, 2.75) is 49.8 Å². The van der Waals surface area contributed by atoms with Gasteiger partial charge in [-0.05, 0) is 56.2 Å². The van der Waals surface area contributed by atoms with E-state index in [9.17, 15) is 13.9 Å². The minimum Gasteiger partial charge on any atom is -0.508 e. The van der Waals surface area contributed by atoms with Gasteiger partial charge in [-0.15, -0.1) is 6.42 Å². The minimum atomic E-state index is -0.851. The highest BCUT2D eigenvalue weighted by Gasteiger charge is 2.49. The van der Waals surface area contributed by atoms with Crippen molar-refractivity contribution in [3.05, 3.63) is 35.6 Å². The van der Waals surface area contributed by atoms with Crippen molar-refractivity contribution in [2.75, 3.05) is 44.0 Å². The molecule has 13 heteroatoms. The van der Waals surface area contributed by atoms with Gasteiger partial charge in [0, 0.05) is 37.0 Å². The van der Waals surface area contributed by atoms with Gasteiger partial charge in [-0.25, -0.2) is 8.78 Å². The number of benzene rings is 2. The van der Waals surface area contributed by atoms with Crippen LogP contribution < -0.4 is 19.7 Å². The van der Waals surface area contributed by atoms with Crippen molar-refractivity contribution in [2.24, 2.45) is 0 Å². The number of fused-ring (bicyclic) bond motifs is 7. The number of phenolic OH excluding ortho intramolecular Hbond substituents is 1. The molecule has 9 nitrogen and oxygen atoms in total. The van der Waals surface area contributed by atoms with Crippen LogP contribution in [0.25, 0.3) is 21.1 Å². The smallest absolute Gasteiger partial charge is 0.319 e. The summed E-state index contributed by atoms with van der Waals surface area (Å²) in [4.78, 5) is 19.5. The van der Waals surface area contributed by atoms with Gasteiger partial charge in [-0.2, -0.15) is 15.0 Å². The highest BCUT2D eigenvalue weighted by atomic mass is 32.1. The molecule has 0 amide bonds. The van der Waals surface area contributed by atoms with Crippen LogP contribution in [0.5, 0.6) is 22.7 Å². The van der Waals surface area contributed by atoms with E-state index in [1.807, 2.05) is 0 Å². The zero-order chi connectivity index (χ0) is 30.0. The molecule has 0 aliphatic carbocycles. The lowest BCUT2D eigenvalue weighted by molar-refractivity contribution is 0.107. The minimum absolute atomic E-state index is 0.0464. The maximum absolute atomic E-state index is 14.7. The maximum atomic E-state index is 14.7. The van der Waals surface area contributed by atoms with Crippen molar-refractivity contribution in [1.29, 1.82) is 0 Å². The normalized spacial score (nSPS) is 25.0. The van der Waals surface area contributed by atoms with Crippen LogP contribution >= 0.6 is 11.3 Å². The number of anilines is 1. The second-order valence-electron chi connectivity index (χ2n) is 12.5. The van der Waals surface area contributed by atoms with Crippen LogP contribution in [-0.4, -0.2) is 88.6 Å². The van der Waals surface area contributed by atoms with E-state index in [0.717, 1.165) is 51.6 Å². The van der Waals surface area contributed by atoms with Crippen LogP contribution in [0, 0.1) is 18.2 Å². The number of hydrogen-bond donors (Lipinski definition) is 2. The number of thiazole rings is 1. The summed E-state index contributed by atoms with van der Waals surface area (Å²) in [5.74, 6) is 2.67. The molecule has 0 radical (unpaired) electrons. The fraction of sp³-hybridized carbons (Fsp3) is 0.452. The van der Waals surface area contributed by atoms with Crippen LogP contribution in [0.4, 0.5) is 14.6 Å². The molecule has 44 heavy (non-hydrogen) atoms. The van der Waals surface area contributed by atoms with E-state index in [4.69, 9.17) is 30.8 Å². The monoisotopic (exact) mass is 616 g/mol. The molecule has 9 rings (SSSR count). The van der Waals surface area contributed by atoms with Crippen molar-refractivity contribution in [3.63, 3.8) is 0 Å². The van der Waals surface area contributed by atoms with Gasteiger partial charge in [0.2, 0.25) is 0 Å². The van der Waals surface area contributed by atoms with Crippen molar-refractivity contribution in [1.82, 2.24) is 25.2 Å². The average molecular weight is 617 g/mol. The molecule has 5 aliphatic heterocycles. The molecule has 5 fully saturated rings. The fourth-order valence-corrected chi connectivity index (χ4v) is 8.35. The summed E-state index contributed by atoms with van der Waals surface area (Å²) in [5, 5.41) is 15.2. The zero-order valence-electron chi connectivity index (χ0n) is 24.1. The molecular formula is C31H31BF2N6O3S. The van der Waals surface area contributed by atoms with E-state index in [0.29, 0.717) is 59.3 Å². The molecule has 5 aliphatic rings. The molecule has 2 bridgehead atoms. The number of alkyl halides is 1. The molecule has 5 saturated heterocycles. The summed E-state index contributed by atoms with van der Waals surface area (Å²) in [7, 11) is 0. The molecule has 3 atom stereocenters. The summed E-state index contributed by atoms with van der Waals surface area (Å²) in [6, 6.07) is 6.31. The van der Waals surface area contributed by atoms with Gasteiger partial charge in [0.1, 0.15) is 35.6 Å². The predicted octanol–water partition coefficient (Wildman–Crippen LogP) is 4.57. The Morgan fingerprint density at radius 1 is 1.25 bits per heavy atom. The third kappa shape index (κ3) is 4.80. The number of aromatic nitrogens is 3. The molecule has 2 unspecified atom stereocenters. The Kier molecular flexibility index (Phi) is 6.77. The van der Waals surface area contributed by atoms with Gasteiger partial charge >= 0.3 is 6.01 Å². The number of aromatic hydroxyl groups is 1. The molecule has 0 spiro atoms. The molecule has 226 valence electrons.